The summed E-state index contributed by atoms with van der Waals surface area (Å²) in [7, 11) is 0. The number of aromatic amines is 2. The number of benzene rings is 6. The smallest absolute Gasteiger partial charge is 0.871 e. The van der Waals surface area contributed by atoms with Crippen molar-refractivity contribution in [2.24, 2.45) is 20.5 Å². The van der Waals surface area contributed by atoms with E-state index in [0.717, 1.165) is 6.07 Å². The Labute approximate surface area is 494 Å². The number of carboxylic acids is 2. The average molecular weight is 1080 g/mol. The molecule has 8 rings (SSSR count). The fraction of sp³-hybridized carbons (Fsp3) is 0.0417. The summed E-state index contributed by atoms with van der Waals surface area (Å²) in [6, 6.07) is 32.7. The number of ketones is 2. The van der Waals surface area contributed by atoms with Gasteiger partial charge in [0.2, 0.25) is 0 Å². The van der Waals surface area contributed by atoms with Crippen molar-refractivity contribution in [1.29, 1.82) is 0 Å². The van der Waals surface area contributed by atoms with E-state index in [1.54, 1.807) is 68.4 Å². The summed E-state index contributed by atoms with van der Waals surface area (Å²) in [5, 5.41) is 62.1. The second-order valence-corrected chi connectivity index (χ2v) is 15.5. The van der Waals surface area contributed by atoms with Gasteiger partial charge in [-0.05, 0) is 98.8 Å². The predicted octanol–water partition coefficient (Wildman–Crippen LogP) is 0.465. The predicted molar refractivity (Wildman–Crippen MR) is 250 cm³/mol. The molecule has 0 aliphatic heterocycles. The quantitative estimate of drug-likeness (QED) is 0.0572. The SMILES string of the molecule is Cc1[nH]n(-c2ccc(Cl)cc2)c(=O)c1N=Nc1ccc(C(=O)c2ccccc2C(=O)O)cc1[O-].Cc1[nH]n(-c2ccc(Cl)cc2)c(=O)c1N=Nc1ccc(C(=O)c2ccccc2C(=O)O)cc1[OH2+].[Co].[Na+].[Na+].[Na+]. The number of carbonyl (C=O) groups is 4. The van der Waals surface area contributed by atoms with E-state index in [1.807, 2.05) is 0 Å². The Balaban J connectivity index is 0.000000360. The van der Waals surface area contributed by atoms with Gasteiger partial charge in [-0.25, -0.2) is 19.0 Å². The van der Waals surface area contributed by atoms with Crippen molar-refractivity contribution in [2.75, 3.05) is 0 Å². The van der Waals surface area contributed by atoms with Crippen molar-refractivity contribution < 1.29 is 145 Å². The number of aromatic nitrogens is 4. The maximum absolute atomic E-state index is 12.8. The minimum atomic E-state index is -1.25. The molecule has 0 aliphatic carbocycles. The van der Waals surface area contributed by atoms with E-state index in [2.05, 4.69) is 30.7 Å². The Morgan fingerprint density at radius 1 is 0.542 bits per heavy atom. The Kier molecular flexibility index (Phi) is 22.8. The molecule has 0 saturated carbocycles. The number of hydrogen-bond donors (Lipinski definition) is 4. The van der Waals surface area contributed by atoms with Crippen LogP contribution < -0.4 is 105 Å². The second kappa shape index (κ2) is 27.0. The van der Waals surface area contributed by atoms with E-state index in [9.17, 15) is 44.1 Å². The summed E-state index contributed by atoms with van der Waals surface area (Å²) in [6.07, 6.45) is 0. The van der Waals surface area contributed by atoms with Crippen LogP contribution in [0, 0.1) is 13.8 Å². The first-order chi connectivity index (χ1) is 32.5. The molecule has 0 saturated heterocycles. The number of halogens is 2. The van der Waals surface area contributed by atoms with Crippen LogP contribution in [0.25, 0.3) is 11.4 Å². The molecule has 0 fully saturated rings. The molecule has 0 bridgehead atoms. The summed E-state index contributed by atoms with van der Waals surface area (Å²) in [6.45, 7) is 3.31. The Bertz CT molecular complexity index is 3260. The minimum Gasteiger partial charge on any atom is -0.871 e. The number of nitrogens with zero attached hydrogens (tertiary/aromatic N) is 6. The van der Waals surface area contributed by atoms with Gasteiger partial charge in [-0.2, -0.15) is 5.11 Å². The molecule has 6 N–H and O–H groups in total. The van der Waals surface area contributed by atoms with Gasteiger partial charge in [-0.3, -0.25) is 29.4 Å². The Morgan fingerprint density at radius 3 is 1.28 bits per heavy atom. The van der Waals surface area contributed by atoms with Gasteiger partial charge in [-0.1, -0.05) is 71.4 Å². The first-order valence-corrected chi connectivity index (χ1v) is 20.7. The van der Waals surface area contributed by atoms with E-state index in [-0.39, 0.29) is 167 Å². The monoisotopic (exact) mass is 1080 g/mol. The van der Waals surface area contributed by atoms with Crippen LogP contribution in [0.15, 0.2) is 164 Å². The molecule has 2 aromatic heterocycles. The molecule has 0 aliphatic rings. The first kappa shape index (κ1) is 60.8. The number of aryl methyl sites for hydroxylation is 2. The zero-order chi connectivity index (χ0) is 48.8. The number of carbonyl (C=O) groups excluding carboxylic acids is 2. The second-order valence-electron chi connectivity index (χ2n) is 14.6. The molecule has 349 valence electrons. The van der Waals surface area contributed by atoms with Gasteiger partial charge < -0.3 is 20.4 Å². The molecule has 0 amide bonds. The van der Waals surface area contributed by atoms with Gasteiger partial charge in [-0.15, -0.1) is 15.3 Å². The summed E-state index contributed by atoms with van der Waals surface area (Å²) in [5.41, 5.74) is 1.16. The van der Waals surface area contributed by atoms with E-state index in [0.29, 0.717) is 32.8 Å². The molecule has 6 aromatic carbocycles. The average Bonchev–Trinajstić information content (AvgIpc) is 3.78. The summed E-state index contributed by atoms with van der Waals surface area (Å²) < 4.78 is 2.59. The van der Waals surface area contributed by atoms with E-state index in [1.165, 1.54) is 82.2 Å². The van der Waals surface area contributed by atoms with Gasteiger partial charge in [0, 0.05) is 55.1 Å². The van der Waals surface area contributed by atoms with Gasteiger partial charge in [0.1, 0.15) is 0 Å². The molecule has 0 spiro atoms. The zero-order valence-corrected chi connectivity index (χ0v) is 47.3. The maximum atomic E-state index is 12.8. The molecule has 72 heavy (non-hydrogen) atoms. The van der Waals surface area contributed by atoms with E-state index < -0.39 is 40.4 Å². The van der Waals surface area contributed by atoms with Gasteiger partial charge >= 0.3 is 101 Å². The van der Waals surface area contributed by atoms with Crippen LogP contribution in [0.5, 0.6) is 11.5 Å². The van der Waals surface area contributed by atoms with E-state index >= 15 is 0 Å². The molecule has 1 radical (unpaired) electrons. The van der Waals surface area contributed by atoms with Crippen LogP contribution >= 0.6 is 23.2 Å². The van der Waals surface area contributed by atoms with Crippen molar-refractivity contribution in [1.82, 2.24) is 19.6 Å². The third-order valence-electron chi connectivity index (χ3n) is 10.1. The maximum Gasteiger partial charge on any atom is 1.00 e. The van der Waals surface area contributed by atoms with Crippen molar-refractivity contribution in [3.05, 3.63) is 209 Å². The summed E-state index contributed by atoms with van der Waals surface area (Å²) in [4.78, 5) is 73.9. The van der Waals surface area contributed by atoms with Crippen LogP contribution in [-0.2, 0) is 16.8 Å². The minimum absolute atomic E-state index is 0. The van der Waals surface area contributed by atoms with Crippen molar-refractivity contribution >= 4 is 69.5 Å². The van der Waals surface area contributed by atoms with Crippen LogP contribution in [-0.4, -0.2) is 58.4 Å². The number of rotatable bonds is 12. The molecule has 0 atom stereocenters. The van der Waals surface area contributed by atoms with Gasteiger partial charge in [0.25, 0.3) is 16.9 Å². The normalized spacial score (nSPS) is 10.5. The van der Waals surface area contributed by atoms with Crippen molar-refractivity contribution in [3.63, 3.8) is 0 Å². The van der Waals surface area contributed by atoms with Crippen molar-refractivity contribution in [3.8, 4) is 22.9 Å². The van der Waals surface area contributed by atoms with Gasteiger partial charge in [0.15, 0.2) is 28.6 Å². The fourth-order valence-corrected chi connectivity index (χ4v) is 6.86. The molecule has 2 heterocycles. The van der Waals surface area contributed by atoms with Crippen LogP contribution in [0.1, 0.15) is 63.9 Å². The molecular weight excluding hydrogens is 1050 g/mol. The number of H-pyrrole nitrogens is 2. The standard InChI is InChI=1S/2C24H17ClN4O5.Co.3Na/c2*1-13-21(23(32)29(28-13)16-9-7-15(25)8-10-16)27-26-19-11-6-14(12-20(19)30)22(31)17-4-2-3-5-18(17)24(33)34;;;;/h2*2-12,28,30H,1H3,(H,33,34);;;;/q;;;3*+1. The molecule has 24 heteroatoms. The van der Waals surface area contributed by atoms with Crippen LogP contribution in [0.2, 0.25) is 10.0 Å². The van der Waals surface area contributed by atoms with E-state index in [4.69, 9.17) is 28.3 Å². The van der Waals surface area contributed by atoms with Crippen molar-refractivity contribution in [2.45, 2.75) is 13.8 Å². The molecular formula is C48H34Cl2CoN8Na3O10+3. The van der Waals surface area contributed by atoms with Gasteiger partial charge in [0.05, 0.1) is 39.6 Å². The largest absolute Gasteiger partial charge is 1.00 e. The third-order valence-corrected chi connectivity index (χ3v) is 10.6. The number of carboxylic acid groups (broad SMARTS) is 2. The number of nitrogens with one attached hydrogen (secondary N) is 2. The van der Waals surface area contributed by atoms with Crippen LogP contribution in [0.4, 0.5) is 22.7 Å². The van der Waals surface area contributed by atoms with Crippen LogP contribution in [0.3, 0.4) is 0 Å². The Hall–Kier alpha value is -5.49. The number of aromatic carboxylic acids is 2. The molecule has 0 unspecified atom stereocenters. The first-order valence-electron chi connectivity index (χ1n) is 19.9. The Morgan fingerprint density at radius 2 is 0.903 bits per heavy atom. The number of hydrogen-bond acceptors (Lipinski definition) is 11. The zero-order valence-electron chi connectivity index (χ0n) is 38.7. The third kappa shape index (κ3) is 14.0. The molecule has 8 aromatic rings. The summed E-state index contributed by atoms with van der Waals surface area (Å²) in [5.74, 6) is -4.30. The molecule has 18 nitrogen and oxygen atoms in total. The topological polar surface area (TPSA) is 280 Å². The number of azo groups is 2. The fourth-order valence-electron chi connectivity index (χ4n) is 6.61. The summed E-state index contributed by atoms with van der Waals surface area (Å²) >= 11 is 11.8.